The van der Waals surface area contributed by atoms with Gasteiger partial charge in [-0.25, -0.2) is 0 Å². The molecule has 0 saturated carbocycles. The van der Waals surface area contributed by atoms with Crippen molar-refractivity contribution in [3.05, 3.63) is 15.9 Å². The third-order valence-electron chi connectivity index (χ3n) is 2.65. The highest BCUT2D eigenvalue weighted by Gasteiger charge is 2.19. The Morgan fingerprint density at radius 1 is 1.60 bits per heavy atom. The number of nitrogens with one attached hydrogen (secondary N) is 1. The molecule has 1 N–H and O–H groups in total. The average molecular weight is 274 g/mol. The highest BCUT2D eigenvalue weighted by molar-refractivity contribution is 9.10. The van der Waals surface area contributed by atoms with Crippen LogP contribution < -0.4 is 5.32 Å². The molecule has 1 aliphatic rings. The summed E-state index contributed by atoms with van der Waals surface area (Å²) in [5, 5.41) is 7.61. The first-order chi connectivity index (χ1) is 7.22. The molecular formula is C10H16BrN3O. The Morgan fingerprint density at radius 2 is 2.33 bits per heavy atom. The number of aryl methyl sites for hydroxylation is 2. The van der Waals surface area contributed by atoms with Crippen molar-refractivity contribution in [3.63, 3.8) is 0 Å². The Bertz CT molecular complexity index is 347. The number of nitrogens with zero attached hydrogens (tertiary/aromatic N) is 2. The summed E-state index contributed by atoms with van der Waals surface area (Å²) in [5.74, 6) is 0. The van der Waals surface area contributed by atoms with Crippen molar-refractivity contribution in [1.29, 1.82) is 0 Å². The van der Waals surface area contributed by atoms with Gasteiger partial charge in [-0.05, 0) is 29.8 Å². The van der Waals surface area contributed by atoms with E-state index in [2.05, 4.69) is 33.3 Å². The summed E-state index contributed by atoms with van der Waals surface area (Å²) in [6.45, 7) is 7.56. The SMILES string of the molecule is CCn1nc(C)c(Br)c1COC1CNC1. The molecule has 15 heavy (non-hydrogen) atoms. The normalized spacial score (nSPS) is 16.7. The zero-order chi connectivity index (χ0) is 10.8. The fourth-order valence-electron chi connectivity index (χ4n) is 1.58. The third kappa shape index (κ3) is 2.24. The molecule has 4 nitrogen and oxygen atoms in total. The lowest BCUT2D eigenvalue weighted by Gasteiger charge is -2.27. The first-order valence-corrected chi connectivity index (χ1v) is 6.05. The number of aromatic nitrogens is 2. The Kier molecular flexibility index (Phi) is 3.43. The highest BCUT2D eigenvalue weighted by atomic mass is 79.9. The van der Waals surface area contributed by atoms with Gasteiger partial charge in [0.05, 0.1) is 28.6 Å². The third-order valence-corrected chi connectivity index (χ3v) is 3.68. The fourth-order valence-corrected chi connectivity index (χ4v) is 1.98. The van der Waals surface area contributed by atoms with Crippen LogP contribution in [-0.4, -0.2) is 29.0 Å². The molecule has 0 aliphatic carbocycles. The molecule has 1 aromatic rings. The summed E-state index contributed by atoms with van der Waals surface area (Å²) in [5.41, 5.74) is 2.17. The molecule has 1 fully saturated rings. The molecule has 1 saturated heterocycles. The van der Waals surface area contributed by atoms with Gasteiger partial charge in [-0.1, -0.05) is 0 Å². The summed E-state index contributed by atoms with van der Waals surface area (Å²) in [6.07, 6.45) is 0.373. The lowest BCUT2D eigenvalue weighted by Crippen LogP contribution is -2.48. The van der Waals surface area contributed by atoms with Gasteiger partial charge in [0, 0.05) is 19.6 Å². The molecule has 0 aromatic carbocycles. The van der Waals surface area contributed by atoms with Gasteiger partial charge >= 0.3 is 0 Å². The largest absolute Gasteiger partial charge is 0.369 e. The van der Waals surface area contributed by atoms with Gasteiger partial charge < -0.3 is 10.1 Å². The van der Waals surface area contributed by atoms with Gasteiger partial charge in [0.2, 0.25) is 0 Å². The van der Waals surface area contributed by atoms with Crippen molar-refractivity contribution in [1.82, 2.24) is 15.1 Å². The summed E-state index contributed by atoms with van der Waals surface area (Å²) in [6, 6.07) is 0. The van der Waals surface area contributed by atoms with Crippen LogP contribution in [0.2, 0.25) is 0 Å². The number of halogens is 1. The zero-order valence-electron chi connectivity index (χ0n) is 9.09. The fraction of sp³-hybridized carbons (Fsp3) is 0.700. The smallest absolute Gasteiger partial charge is 0.0901 e. The Labute approximate surface area is 98.1 Å². The van der Waals surface area contributed by atoms with E-state index in [4.69, 9.17) is 4.74 Å². The molecule has 0 spiro atoms. The van der Waals surface area contributed by atoms with E-state index in [1.54, 1.807) is 0 Å². The lowest BCUT2D eigenvalue weighted by molar-refractivity contribution is 0.00421. The molecule has 2 heterocycles. The van der Waals surface area contributed by atoms with Gasteiger partial charge in [-0.2, -0.15) is 5.10 Å². The number of hydrogen-bond donors (Lipinski definition) is 1. The zero-order valence-corrected chi connectivity index (χ0v) is 10.7. The maximum atomic E-state index is 5.75. The van der Waals surface area contributed by atoms with Crippen LogP contribution in [0.1, 0.15) is 18.3 Å². The number of hydrogen-bond acceptors (Lipinski definition) is 3. The van der Waals surface area contributed by atoms with Crippen molar-refractivity contribution >= 4 is 15.9 Å². The minimum absolute atomic E-state index is 0.373. The molecule has 0 unspecified atom stereocenters. The summed E-state index contributed by atoms with van der Waals surface area (Å²) < 4.78 is 8.82. The quantitative estimate of drug-likeness (QED) is 0.903. The van der Waals surface area contributed by atoms with Crippen molar-refractivity contribution in [3.8, 4) is 0 Å². The van der Waals surface area contributed by atoms with Crippen LogP contribution in [0.4, 0.5) is 0 Å². The topological polar surface area (TPSA) is 39.1 Å². The van der Waals surface area contributed by atoms with E-state index in [0.29, 0.717) is 12.7 Å². The first kappa shape index (κ1) is 11.1. The van der Waals surface area contributed by atoms with Gasteiger partial charge in [0.25, 0.3) is 0 Å². The van der Waals surface area contributed by atoms with E-state index in [9.17, 15) is 0 Å². The maximum absolute atomic E-state index is 5.75. The van der Waals surface area contributed by atoms with Crippen molar-refractivity contribution < 1.29 is 4.74 Å². The van der Waals surface area contributed by atoms with Crippen molar-refractivity contribution in [2.24, 2.45) is 0 Å². The van der Waals surface area contributed by atoms with Gasteiger partial charge in [-0.3, -0.25) is 4.68 Å². The molecule has 1 aliphatic heterocycles. The standard InChI is InChI=1S/C10H16BrN3O/c1-3-14-9(10(11)7(2)13-14)6-15-8-4-12-5-8/h8,12H,3-6H2,1-2H3. The summed E-state index contributed by atoms with van der Waals surface area (Å²) >= 11 is 3.55. The van der Waals surface area contributed by atoms with E-state index < -0.39 is 0 Å². The number of ether oxygens (including phenoxy) is 1. The predicted octanol–water partition coefficient (Wildman–Crippen LogP) is 1.46. The van der Waals surface area contributed by atoms with Crippen molar-refractivity contribution in [2.75, 3.05) is 13.1 Å². The van der Waals surface area contributed by atoms with Crippen LogP contribution in [0.15, 0.2) is 4.47 Å². The van der Waals surface area contributed by atoms with Crippen LogP contribution in [0.3, 0.4) is 0 Å². The Balaban J connectivity index is 2.04. The highest BCUT2D eigenvalue weighted by Crippen LogP contribution is 2.22. The van der Waals surface area contributed by atoms with E-state index in [0.717, 1.165) is 35.5 Å². The van der Waals surface area contributed by atoms with E-state index in [1.165, 1.54) is 0 Å². The van der Waals surface area contributed by atoms with Crippen LogP contribution in [-0.2, 0) is 17.9 Å². The Morgan fingerprint density at radius 3 is 2.87 bits per heavy atom. The molecule has 0 amide bonds. The molecule has 2 rings (SSSR count). The van der Waals surface area contributed by atoms with Crippen LogP contribution >= 0.6 is 15.9 Å². The Hall–Kier alpha value is -0.390. The molecule has 1 aromatic heterocycles. The van der Waals surface area contributed by atoms with E-state index >= 15 is 0 Å². The molecular weight excluding hydrogens is 258 g/mol. The maximum Gasteiger partial charge on any atom is 0.0901 e. The minimum atomic E-state index is 0.373. The first-order valence-electron chi connectivity index (χ1n) is 5.26. The average Bonchev–Trinajstić information content (AvgIpc) is 2.42. The molecule has 5 heteroatoms. The van der Waals surface area contributed by atoms with E-state index in [1.807, 2.05) is 11.6 Å². The van der Waals surface area contributed by atoms with Crippen LogP contribution in [0.25, 0.3) is 0 Å². The number of rotatable bonds is 4. The lowest BCUT2D eigenvalue weighted by atomic mass is 10.2. The summed E-state index contributed by atoms with van der Waals surface area (Å²) in [4.78, 5) is 0. The van der Waals surface area contributed by atoms with Crippen molar-refractivity contribution in [2.45, 2.75) is 33.1 Å². The minimum Gasteiger partial charge on any atom is -0.369 e. The van der Waals surface area contributed by atoms with Gasteiger partial charge in [0.15, 0.2) is 0 Å². The molecule has 84 valence electrons. The molecule has 0 atom stereocenters. The van der Waals surface area contributed by atoms with Gasteiger partial charge in [-0.15, -0.1) is 0 Å². The van der Waals surface area contributed by atoms with E-state index in [-0.39, 0.29) is 0 Å². The van der Waals surface area contributed by atoms with Gasteiger partial charge in [0.1, 0.15) is 0 Å². The second-order valence-corrected chi connectivity index (χ2v) is 4.55. The molecule has 0 radical (unpaired) electrons. The van der Waals surface area contributed by atoms with Crippen LogP contribution in [0, 0.1) is 6.92 Å². The second-order valence-electron chi connectivity index (χ2n) is 3.75. The summed E-state index contributed by atoms with van der Waals surface area (Å²) in [7, 11) is 0. The second kappa shape index (κ2) is 4.63. The van der Waals surface area contributed by atoms with Crippen LogP contribution in [0.5, 0.6) is 0 Å². The monoisotopic (exact) mass is 273 g/mol. The molecule has 0 bridgehead atoms. The predicted molar refractivity (Wildman–Crippen MR) is 61.8 cm³/mol.